The molecular weight excluding hydrogens is 584 g/mol. The molecule has 1 aromatic heterocycles. The van der Waals surface area contributed by atoms with Gasteiger partial charge in [0.05, 0.1) is 19.3 Å². The van der Waals surface area contributed by atoms with E-state index in [0.29, 0.717) is 24.7 Å². The second-order valence-electron chi connectivity index (χ2n) is 8.83. The zero-order valence-corrected chi connectivity index (χ0v) is 21.6. The molecule has 2 aromatic rings. The van der Waals surface area contributed by atoms with Gasteiger partial charge < -0.3 is 35.4 Å². The van der Waals surface area contributed by atoms with Crippen LogP contribution in [0.15, 0.2) is 42.6 Å². The number of aliphatic carboxylic acids is 2. The molecule has 11 nitrogen and oxygen atoms in total. The number of aliphatic hydroxyl groups excluding tert-OH is 1. The Morgan fingerprint density at radius 2 is 1.64 bits per heavy atom. The number of fused-ring (bicyclic) bond motifs is 1. The Bertz CT molecular complexity index is 1180. The van der Waals surface area contributed by atoms with Gasteiger partial charge in [-0.25, -0.2) is 14.6 Å². The number of carbonyl (C=O) groups is 3. The lowest BCUT2D eigenvalue weighted by Crippen LogP contribution is -2.49. The average molecular weight is 611 g/mol. The van der Waals surface area contributed by atoms with Gasteiger partial charge in [0.2, 0.25) is 5.88 Å². The first-order valence-corrected chi connectivity index (χ1v) is 12.1. The molecule has 232 valence electrons. The molecule has 0 saturated carbocycles. The number of carboxylic acids is 2. The van der Waals surface area contributed by atoms with Gasteiger partial charge in [0, 0.05) is 43.4 Å². The number of carboxylic acid groups (broad SMARTS) is 2. The summed E-state index contributed by atoms with van der Waals surface area (Å²) >= 11 is 0. The van der Waals surface area contributed by atoms with Crippen molar-refractivity contribution in [2.24, 2.45) is 0 Å². The van der Waals surface area contributed by atoms with Crippen molar-refractivity contribution in [1.29, 1.82) is 0 Å². The number of amides is 1. The predicted molar refractivity (Wildman–Crippen MR) is 131 cm³/mol. The highest BCUT2D eigenvalue weighted by molar-refractivity contribution is 5.94. The summed E-state index contributed by atoms with van der Waals surface area (Å²) in [6, 6.07) is 11.4. The molecule has 2 aliphatic rings. The van der Waals surface area contributed by atoms with Gasteiger partial charge in [0.1, 0.15) is 6.10 Å². The molecule has 0 spiro atoms. The van der Waals surface area contributed by atoms with Gasteiger partial charge in [-0.3, -0.25) is 4.79 Å². The molecule has 2 unspecified atom stereocenters. The van der Waals surface area contributed by atoms with Crippen molar-refractivity contribution in [3.8, 4) is 5.88 Å². The summed E-state index contributed by atoms with van der Waals surface area (Å²) in [5.74, 6) is -5.36. The van der Waals surface area contributed by atoms with Crippen LogP contribution in [0, 0.1) is 0 Å². The molecule has 3 heterocycles. The van der Waals surface area contributed by atoms with Crippen LogP contribution >= 0.6 is 0 Å². The third kappa shape index (κ3) is 11.5. The lowest BCUT2D eigenvalue weighted by atomic mass is 9.93. The number of alkyl halides is 6. The van der Waals surface area contributed by atoms with Crippen LogP contribution in [0.5, 0.6) is 5.88 Å². The maximum absolute atomic E-state index is 12.5. The van der Waals surface area contributed by atoms with Crippen molar-refractivity contribution in [3.63, 3.8) is 0 Å². The molecule has 5 N–H and O–H groups in total. The lowest BCUT2D eigenvalue weighted by Gasteiger charge is -2.30. The van der Waals surface area contributed by atoms with Crippen LogP contribution in [-0.2, 0) is 27.3 Å². The molecule has 4 rings (SSSR count). The highest BCUT2D eigenvalue weighted by Crippen LogP contribution is 2.19. The van der Waals surface area contributed by atoms with Gasteiger partial charge in [0.25, 0.3) is 5.91 Å². The number of rotatable bonds is 6. The molecule has 0 radical (unpaired) electrons. The molecule has 1 saturated heterocycles. The number of aromatic nitrogens is 1. The molecule has 42 heavy (non-hydrogen) atoms. The number of aliphatic hydroxyl groups is 1. The van der Waals surface area contributed by atoms with E-state index in [1.165, 1.54) is 11.1 Å². The number of nitrogens with one attached hydrogen (secondary N) is 2. The van der Waals surface area contributed by atoms with Crippen LogP contribution in [0.3, 0.4) is 0 Å². The van der Waals surface area contributed by atoms with Crippen LogP contribution in [-0.4, -0.2) is 88.5 Å². The zero-order valence-electron chi connectivity index (χ0n) is 21.6. The Morgan fingerprint density at radius 3 is 2.19 bits per heavy atom. The first-order chi connectivity index (χ1) is 19.6. The van der Waals surface area contributed by atoms with Crippen LogP contribution in [0.1, 0.15) is 27.9 Å². The monoisotopic (exact) mass is 611 g/mol. The van der Waals surface area contributed by atoms with E-state index in [-0.39, 0.29) is 24.6 Å². The third-order valence-electron chi connectivity index (χ3n) is 5.71. The smallest absolute Gasteiger partial charge is 0.475 e. The van der Waals surface area contributed by atoms with Crippen molar-refractivity contribution in [2.75, 3.05) is 19.8 Å². The second kappa shape index (κ2) is 15.3. The number of halogens is 6. The van der Waals surface area contributed by atoms with E-state index in [9.17, 15) is 36.2 Å². The third-order valence-corrected chi connectivity index (χ3v) is 5.71. The number of carbonyl (C=O) groups excluding carboxylic acids is 1. The Hall–Kier alpha value is -3.96. The van der Waals surface area contributed by atoms with Crippen molar-refractivity contribution in [3.05, 3.63) is 59.3 Å². The van der Waals surface area contributed by atoms with E-state index >= 15 is 0 Å². The summed E-state index contributed by atoms with van der Waals surface area (Å²) in [7, 11) is 0. The molecule has 0 bridgehead atoms. The largest absolute Gasteiger partial charge is 0.490 e. The SMILES string of the molecule is O=C(NCC(O)[C@@H]1Cc2ccccc2CN1)c1ccnc(OC2CCOC2)c1.O=C(O)C(F)(F)F.O=C(O)C(F)(F)F. The van der Waals surface area contributed by atoms with Crippen molar-refractivity contribution < 1.29 is 65.5 Å². The number of benzene rings is 1. The lowest BCUT2D eigenvalue weighted by molar-refractivity contribution is -0.193. The molecule has 3 atom stereocenters. The van der Waals surface area contributed by atoms with Gasteiger partial charge >= 0.3 is 24.3 Å². The zero-order chi connectivity index (χ0) is 31.5. The summed E-state index contributed by atoms with van der Waals surface area (Å²) in [5.41, 5.74) is 2.95. The quantitative estimate of drug-likeness (QED) is 0.306. The minimum atomic E-state index is -5.08. The van der Waals surface area contributed by atoms with Gasteiger partial charge in [-0.05, 0) is 23.6 Å². The number of hydrogen-bond donors (Lipinski definition) is 5. The number of hydrogen-bond acceptors (Lipinski definition) is 8. The Balaban J connectivity index is 0.000000367. The Labute approximate surface area is 234 Å². The van der Waals surface area contributed by atoms with Gasteiger partial charge in [-0.1, -0.05) is 24.3 Å². The van der Waals surface area contributed by atoms with E-state index in [1.807, 2.05) is 12.1 Å². The normalized spacial score (nSPS) is 18.6. The standard InChI is InChI=1S/C21H25N3O4.2C2HF3O2/c25-19(18-9-14-3-1-2-4-16(14)11-23-18)12-24-21(26)15-5-7-22-20(10-15)28-17-6-8-27-13-17;2*3-2(4,5)1(6)7/h1-5,7,10,17-19,23,25H,6,8-9,11-13H2,(H,24,26);2*(H,6,7)/t17?,18-,19?;;/m0../s1. The van der Waals surface area contributed by atoms with Crippen molar-refractivity contribution in [1.82, 2.24) is 15.6 Å². The number of pyridine rings is 1. The van der Waals surface area contributed by atoms with Gasteiger partial charge in [0.15, 0.2) is 0 Å². The predicted octanol–water partition coefficient (Wildman–Crippen LogP) is 2.32. The maximum Gasteiger partial charge on any atom is 0.490 e. The fourth-order valence-electron chi connectivity index (χ4n) is 3.58. The highest BCUT2D eigenvalue weighted by atomic mass is 19.4. The second-order valence-corrected chi connectivity index (χ2v) is 8.83. The van der Waals surface area contributed by atoms with Crippen LogP contribution in [0.25, 0.3) is 0 Å². The minimum absolute atomic E-state index is 0.0205. The minimum Gasteiger partial charge on any atom is -0.475 e. The van der Waals surface area contributed by atoms with Crippen LogP contribution < -0.4 is 15.4 Å². The van der Waals surface area contributed by atoms with E-state index in [1.54, 1.807) is 18.3 Å². The van der Waals surface area contributed by atoms with Gasteiger partial charge in [-0.2, -0.15) is 26.3 Å². The molecule has 0 aliphatic carbocycles. The Kier molecular flexibility index (Phi) is 12.5. The summed E-state index contributed by atoms with van der Waals surface area (Å²) in [4.78, 5) is 34.4. The molecule has 1 fully saturated rings. The van der Waals surface area contributed by atoms with Crippen LogP contribution in [0.4, 0.5) is 26.3 Å². The average Bonchev–Trinajstić information content (AvgIpc) is 3.44. The first kappa shape index (κ1) is 34.2. The fraction of sp³-hybridized carbons (Fsp3) is 0.440. The number of ether oxygens (including phenoxy) is 2. The first-order valence-electron chi connectivity index (χ1n) is 12.1. The molecule has 1 aromatic carbocycles. The maximum atomic E-state index is 12.5. The van der Waals surface area contributed by atoms with Gasteiger partial charge in [-0.15, -0.1) is 0 Å². The van der Waals surface area contributed by atoms with Crippen LogP contribution in [0.2, 0.25) is 0 Å². The highest BCUT2D eigenvalue weighted by Gasteiger charge is 2.39. The molecular formula is C25H27F6N3O8. The fourth-order valence-corrected chi connectivity index (χ4v) is 3.58. The van der Waals surface area contributed by atoms with Crippen molar-refractivity contribution in [2.45, 2.75) is 50.0 Å². The van der Waals surface area contributed by atoms with E-state index < -0.39 is 30.4 Å². The number of nitrogens with zero attached hydrogens (tertiary/aromatic N) is 1. The molecule has 2 aliphatic heterocycles. The summed E-state index contributed by atoms with van der Waals surface area (Å²) in [6.07, 6.45) is -7.75. The molecule has 1 amide bonds. The summed E-state index contributed by atoms with van der Waals surface area (Å²) in [6.45, 7) is 2.12. The topological polar surface area (TPSA) is 167 Å². The summed E-state index contributed by atoms with van der Waals surface area (Å²) in [5, 5.41) is 30.9. The Morgan fingerprint density at radius 1 is 1.05 bits per heavy atom. The van der Waals surface area contributed by atoms with Crippen molar-refractivity contribution >= 4 is 17.8 Å². The van der Waals surface area contributed by atoms with E-state index in [4.69, 9.17) is 29.3 Å². The summed E-state index contributed by atoms with van der Waals surface area (Å²) < 4.78 is 74.5. The van der Waals surface area contributed by atoms with E-state index in [2.05, 4.69) is 27.8 Å². The molecule has 17 heteroatoms. The van der Waals surface area contributed by atoms with E-state index in [0.717, 1.165) is 19.4 Å².